The first-order valence-corrected chi connectivity index (χ1v) is 7.81. The van der Waals surface area contributed by atoms with Crippen LogP contribution in [0.15, 0.2) is 17.0 Å². The molecule has 0 atom stereocenters. The fourth-order valence-corrected chi connectivity index (χ4v) is 3.21. The zero-order valence-electron chi connectivity index (χ0n) is 12.0. The van der Waals surface area contributed by atoms with E-state index in [-0.39, 0.29) is 4.90 Å². The van der Waals surface area contributed by atoms with Gasteiger partial charge in [-0.3, -0.25) is 0 Å². The quantitative estimate of drug-likeness (QED) is 0.768. The van der Waals surface area contributed by atoms with Crippen LogP contribution in [0.3, 0.4) is 0 Å². The van der Waals surface area contributed by atoms with Crippen molar-refractivity contribution in [2.45, 2.75) is 25.7 Å². The summed E-state index contributed by atoms with van der Waals surface area (Å²) in [5.41, 5.74) is 7.67. The summed E-state index contributed by atoms with van der Waals surface area (Å²) in [6.07, 6.45) is 0. The monoisotopic (exact) mass is 285 g/mol. The van der Waals surface area contributed by atoms with Crippen LogP contribution < -0.4 is 10.5 Å². The van der Waals surface area contributed by atoms with Crippen molar-refractivity contribution < 1.29 is 8.42 Å². The number of sulfonamides is 1. The van der Waals surface area contributed by atoms with Crippen molar-refractivity contribution in [1.29, 1.82) is 0 Å². The van der Waals surface area contributed by atoms with Crippen LogP contribution in [0.25, 0.3) is 0 Å². The van der Waals surface area contributed by atoms with E-state index in [9.17, 15) is 8.42 Å². The average molecular weight is 285 g/mol. The highest BCUT2D eigenvalue weighted by Crippen LogP contribution is 2.25. The van der Waals surface area contributed by atoms with Gasteiger partial charge in [-0.2, -0.15) is 0 Å². The molecule has 0 saturated carbocycles. The number of hydrogen-bond acceptors (Lipinski definition) is 4. The zero-order chi connectivity index (χ0) is 14.6. The molecule has 0 aliphatic heterocycles. The van der Waals surface area contributed by atoms with Gasteiger partial charge in [-0.15, -0.1) is 0 Å². The lowest BCUT2D eigenvalue weighted by Crippen LogP contribution is -2.33. The van der Waals surface area contributed by atoms with Gasteiger partial charge in [-0.25, -0.2) is 13.1 Å². The van der Waals surface area contributed by atoms with E-state index < -0.39 is 10.0 Å². The summed E-state index contributed by atoms with van der Waals surface area (Å²) in [4.78, 5) is 2.24. The molecule has 0 aliphatic rings. The van der Waals surface area contributed by atoms with Gasteiger partial charge in [-0.05, 0) is 38.6 Å². The molecule has 5 nitrogen and oxygen atoms in total. The summed E-state index contributed by atoms with van der Waals surface area (Å²) in [7, 11) is -1.60. The van der Waals surface area contributed by atoms with Crippen LogP contribution in [-0.2, 0) is 10.0 Å². The van der Waals surface area contributed by atoms with E-state index in [4.69, 9.17) is 5.73 Å². The van der Waals surface area contributed by atoms with Gasteiger partial charge in [0, 0.05) is 13.1 Å². The molecule has 108 valence electrons. The van der Waals surface area contributed by atoms with E-state index in [0.29, 0.717) is 24.3 Å². The molecule has 0 radical (unpaired) electrons. The Balaban J connectivity index is 2.92. The molecule has 0 aromatic heterocycles. The van der Waals surface area contributed by atoms with Crippen molar-refractivity contribution in [3.8, 4) is 0 Å². The molecule has 1 aromatic carbocycles. The number of nitrogens with one attached hydrogen (secondary N) is 1. The third-order valence-corrected chi connectivity index (χ3v) is 4.87. The van der Waals surface area contributed by atoms with Crippen LogP contribution in [0.5, 0.6) is 0 Å². The van der Waals surface area contributed by atoms with Crippen molar-refractivity contribution in [2.24, 2.45) is 0 Å². The molecule has 0 spiro atoms. The first-order chi connectivity index (χ1) is 8.79. The van der Waals surface area contributed by atoms with E-state index in [0.717, 1.165) is 12.1 Å². The molecule has 1 rings (SSSR count). The number of hydrogen-bond donors (Lipinski definition) is 2. The van der Waals surface area contributed by atoms with Gasteiger partial charge in [0.2, 0.25) is 10.0 Å². The Morgan fingerprint density at radius 3 is 2.42 bits per heavy atom. The molecule has 0 unspecified atom stereocenters. The maximum absolute atomic E-state index is 12.3. The highest BCUT2D eigenvalue weighted by molar-refractivity contribution is 7.89. The number of anilines is 1. The standard InChI is InChI=1S/C13H23N3O2S/c1-5-16(4)9-8-15-19(17,18)13-11(3)7-6-10(2)12(13)14/h6-7,15H,5,8-9,14H2,1-4H3. The van der Waals surface area contributed by atoms with Crippen LogP contribution in [-0.4, -0.2) is 40.0 Å². The van der Waals surface area contributed by atoms with Crippen molar-refractivity contribution >= 4 is 15.7 Å². The summed E-state index contributed by atoms with van der Waals surface area (Å²) in [5.74, 6) is 0. The molecule has 0 saturated heterocycles. The van der Waals surface area contributed by atoms with Gasteiger partial charge in [-0.1, -0.05) is 19.1 Å². The summed E-state index contributed by atoms with van der Waals surface area (Å²) in [6.45, 7) is 7.51. The van der Waals surface area contributed by atoms with Crippen molar-refractivity contribution in [3.63, 3.8) is 0 Å². The van der Waals surface area contributed by atoms with E-state index in [1.807, 2.05) is 24.9 Å². The topological polar surface area (TPSA) is 75.4 Å². The van der Waals surface area contributed by atoms with Crippen molar-refractivity contribution in [2.75, 3.05) is 32.4 Å². The Bertz CT molecular complexity index is 541. The smallest absolute Gasteiger partial charge is 0.242 e. The fourth-order valence-electron chi connectivity index (χ4n) is 1.76. The van der Waals surface area contributed by atoms with Gasteiger partial charge < -0.3 is 10.6 Å². The molecular weight excluding hydrogens is 262 g/mol. The highest BCUT2D eigenvalue weighted by Gasteiger charge is 2.20. The summed E-state index contributed by atoms with van der Waals surface area (Å²) >= 11 is 0. The Labute approximate surface area is 115 Å². The van der Waals surface area contributed by atoms with E-state index >= 15 is 0 Å². The van der Waals surface area contributed by atoms with Crippen LogP contribution in [0.4, 0.5) is 5.69 Å². The third kappa shape index (κ3) is 3.92. The molecule has 0 heterocycles. The number of likely N-dealkylation sites (N-methyl/N-ethyl adjacent to an activating group) is 1. The SMILES string of the molecule is CCN(C)CCNS(=O)(=O)c1c(C)ccc(C)c1N. The normalized spacial score (nSPS) is 12.1. The third-order valence-electron chi connectivity index (χ3n) is 3.21. The Kier molecular flexibility index (Phi) is 5.34. The predicted molar refractivity (Wildman–Crippen MR) is 78.7 cm³/mol. The number of nitrogens with zero attached hydrogens (tertiary/aromatic N) is 1. The Hall–Kier alpha value is -1.11. The number of nitrogen functional groups attached to an aromatic ring is 1. The van der Waals surface area contributed by atoms with Gasteiger partial charge in [0.25, 0.3) is 0 Å². The second kappa shape index (κ2) is 6.36. The Morgan fingerprint density at radius 1 is 1.26 bits per heavy atom. The van der Waals surface area contributed by atoms with E-state index in [1.54, 1.807) is 19.9 Å². The fraction of sp³-hybridized carbons (Fsp3) is 0.538. The lowest BCUT2D eigenvalue weighted by Gasteiger charge is -2.16. The molecule has 0 aliphatic carbocycles. The van der Waals surface area contributed by atoms with E-state index in [2.05, 4.69) is 4.72 Å². The molecular formula is C13H23N3O2S. The summed E-state index contributed by atoms with van der Waals surface area (Å²) in [5, 5.41) is 0. The van der Waals surface area contributed by atoms with Crippen LogP contribution in [0.2, 0.25) is 0 Å². The largest absolute Gasteiger partial charge is 0.397 e. The number of rotatable bonds is 6. The molecule has 0 amide bonds. The minimum absolute atomic E-state index is 0.201. The van der Waals surface area contributed by atoms with Crippen LogP contribution >= 0.6 is 0 Å². The molecule has 1 aromatic rings. The van der Waals surface area contributed by atoms with Gasteiger partial charge in [0.15, 0.2) is 0 Å². The van der Waals surface area contributed by atoms with Crippen molar-refractivity contribution in [1.82, 2.24) is 9.62 Å². The van der Waals surface area contributed by atoms with Gasteiger partial charge >= 0.3 is 0 Å². The number of nitrogens with two attached hydrogens (primary N) is 1. The van der Waals surface area contributed by atoms with Gasteiger partial charge in [0.05, 0.1) is 5.69 Å². The maximum Gasteiger partial charge on any atom is 0.242 e. The molecule has 3 N–H and O–H groups in total. The predicted octanol–water partition coefficient (Wildman–Crippen LogP) is 1.12. The second-order valence-corrected chi connectivity index (χ2v) is 6.44. The lowest BCUT2D eigenvalue weighted by molar-refractivity contribution is 0.358. The molecule has 6 heteroatoms. The minimum Gasteiger partial charge on any atom is -0.397 e. The minimum atomic E-state index is -3.55. The summed E-state index contributed by atoms with van der Waals surface area (Å²) in [6, 6.07) is 3.60. The van der Waals surface area contributed by atoms with E-state index in [1.165, 1.54) is 0 Å². The molecule has 0 fully saturated rings. The first-order valence-electron chi connectivity index (χ1n) is 6.33. The lowest BCUT2D eigenvalue weighted by atomic mass is 10.1. The number of aryl methyl sites for hydroxylation is 2. The van der Waals surface area contributed by atoms with Crippen LogP contribution in [0, 0.1) is 13.8 Å². The van der Waals surface area contributed by atoms with Crippen molar-refractivity contribution in [3.05, 3.63) is 23.3 Å². The average Bonchev–Trinajstić information content (AvgIpc) is 2.33. The molecule has 19 heavy (non-hydrogen) atoms. The zero-order valence-corrected chi connectivity index (χ0v) is 12.8. The Morgan fingerprint density at radius 2 is 1.84 bits per heavy atom. The maximum atomic E-state index is 12.3. The molecule has 0 bridgehead atoms. The second-order valence-electron chi connectivity index (χ2n) is 4.74. The van der Waals surface area contributed by atoms with Gasteiger partial charge in [0.1, 0.15) is 4.90 Å². The van der Waals surface area contributed by atoms with Crippen LogP contribution in [0.1, 0.15) is 18.1 Å². The number of benzene rings is 1. The highest BCUT2D eigenvalue weighted by atomic mass is 32.2. The first kappa shape index (κ1) is 15.9. The summed E-state index contributed by atoms with van der Waals surface area (Å²) < 4.78 is 27.2.